The highest BCUT2D eigenvalue weighted by molar-refractivity contribution is 5.73. The van der Waals surface area contributed by atoms with Crippen molar-refractivity contribution in [2.75, 3.05) is 19.6 Å². The van der Waals surface area contributed by atoms with E-state index >= 15 is 0 Å². The number of carbonyl (C=O) groups is 1. The lowest BCUT2D eigenvalue weighted by atomic mass is 10.1. The Balaban J connectivity index is 1.96. The maximum absolute atomic E-state index is 10.7. The minimum absolute atomic E-state index is 0.348. The van der Waals surface area contributed by atoms with Crippen molar-refractivity contribution in [3.05, 3.63) is 0 Å². The summed E-state index contributed by atoms with van der Waals surface area (Å²) in [6, 6.07) is 0.250. The van der Waals surface area contributed by atoms with Gasteiger partial charge in [0, 0.05) is 19.1 Å². The van der Waals surface area contributed by atoms with E-state index in [1.165, 1.54) is 12.8 Å². The number of aliphatic carboxylic acids is 1. The summed E-state index contributed by atoms with van der Waals surface area (Å²) in [5, 5.41) is 11.8. The van der Waals surface area contributed by atoms with Crippen molar-refractivity contribution in [3.8, 4) is 0 Å². The minimum Gasteiger partial charge on any atom is -0.480 e. The Labute approximate surface area is 71.5 Å². The molecule has 2 fully saturated rings. The molecule has 0 saturated carbocycles. The zero-order valence-electron chi connectivity index (χ0n) is 6.99. The molecule has 0 aromatic carbocycles. The molecular formula is C8H14N2O2. The Kier molecular flexibility index (Phi) is 2.02. The molecular weight excluding hydrogens is 156 g/mol. The van der Waals surface area contributed by atoms with E-state index in [1.54, 1.807) is 0 Å². The van der Waals surface area contributed by atoms with Gasteiger partial charge in [-0.25, -0.2) is 0 Å². The minimum atomic E-state index is -0.722. The summed E-state index contributed by atoms with van der Waals surface area (Å²) >= 11 is 0. The maximum Gasteiger partial charge on any atom is 0.322 e. The first kappa shape index (κ1) is 8.01. The van der Waals surface area contributed by atoms with E-state index in [-0.39, 0.29) is 6.04 Å². The van der Waals surface area contributed by atoms with Gasteiger partial charge in [-0.3, -0.25) is 9.69 Å². The number of carboxylic acid groups (broad SMARTS) is 1. The van der Waals surface area contributed by atoms with Crippen LogP contribution in [0.1, 0.15) is 12.8 Å². The molecule has 2 saturated heterocycles. The number of nitrogens with one attached hydrogen (secondary N) is 1. The molecule has 0 bridgehead atoms. The van der Waals surface area contributed by atoms with Crippen LogP contribution in [0.3, 0.4) is 0 Å². The predicted molar refractivity (Wildman–Crippen MR) is 44.0 cm³/mol. The lowest BCUT2D eigenvalue weighted by Gasteiger charge is -2.33. The van der Waals surface area contributed by atoms with E-state index in [1.807, 2.05) is 0 Å². The first-order valence-electron chi connectivity index (χ1n) is 4.47. The summed E-state index contributed by atoms with van der Waals surface area (Å²) in [7, 11) is 0. The van der Waals surface area contributed by atoms with Crippen molar-refractivity contribution in [1.82, 2.24) is 10.2 Å². The van der Waals surface area contributed by atoms with Crippen LogP contribution >= 0.6 is 0 Å². The molecule has 2 N–H and O–H groups in total. The lowest BCUT2D eigenvalue weighted by Crippen LogP contribution is -2.56. The van der Waals surface area contributed by atoms with Crippen molar-refractivity contribution < 1.29 is 9.90 Å². The maximum atomic E-state index is 10.7. The molecule has 0 amide bonds. The van der Waals surface area contributed by atoms with Crippen LogP contribution in [0.4, 0.5) is 0 Å². The van der Waals surface area contributed by atoms with Crippen LogP contribution in [0.15, 0.2) is 0 Å². The fraction of sp³-hybridized carbons (Fsp3) is 0.875. The molecule has 0 aromatic heterocycles. The number of nitrogens with zero attached hydrogens (tertiary/aromatic N) is 1. The Morgan fingerprint density at radius 1 is 1.58 bits per heavy atom. The first-order valence-corrected chi connectivity index (χ1v) is 4.47. The van der Waals surface area contributed by atoms with Gasteiger partial charge in [-0.05, 0) is 19.4 Å². The number of hydrogen-bond acceptors (Lipinski definition) is 3. The van der Waals surface area contributed by atoms with E-state index < -0.39 is 5.97 Å². The normalized spacial score (nSPS) is 36.3. The molecule has 0 radical (unpaired) electrons. The molecule has 4 heteroatoms. The average molecular weight is 170 g/mol. The van der Waals surface area contributed by atoms with E-state index in [0.717, 1.165) is 13.1 Å². The molecule has 4 nitrogen and oxygen atoms in total. The summed E-state index contributed by atoms with van der Waals surface area (Å²) in [5.74, 6) is -0.722. The Hall–Kier alpha value is -0.610. The van der Waals surface area contributed by atoms with Gasteiger partial charge in [0.25, 0.3) is 0 Å². The fourth-order valence-electron chi connectivity index (χ4n) is 2.11. The second-order valence-corrected chi connectivity index (χ2v) is 3.59. The van der Waals surface area contributed by atoms with Gasteiger partial charge < -0.3 is 10.4 Å². The standard InChI is InChI=1S/C8H14N2O2/c11-8(12)7-5-10-3-1-2-6(10)4-9-7/h6-7,9H,1-5H2,(H,11,12)/t6-,7+/m1/s1. The third kappa shape index (κ3) is 1.32. The summed E-state index contributed by atoms with van der Waals surface area (Å²) < 4.78 is 0. The SMILES string of the molecule is O=C(O)[C@@H]1CN2CCC[C@@H]2CN1. The lowest BCUT2D eigenvalue weighted by molar-refractivity contribution is -0.140. The van der Waals surface area contributed by atoms with E-state index in [9.17, 15) is 4.79 Å². The second kappa shape index (κ2) is 3.03. The number of fused-ring (bicyclic) bond motifs is 1. The molecule has 0 spiro atoms. The summed E-state index contributed by atoms with van der Waals surface area (Å²) in [6.45, 7) is 2.60. The molecule has 0 aliphatic carbocycles. The number of carboxylic acids is 1. The molecule has 68 valence electrons. The van der Waals surface area contributed by atoms with Crippen LogP contribution in [0.2, 0.25) is 0 Å². The van der Waals surface area contributed by atoms with E-state index in [2.05, 4.69) is 10.2 Å². The van der Waals surface area contributed by atoms with Gasteiger partial charge in [0.2, 0.25) is 0 Å². The van der Waals surface area contributed by atoms with Crippen LogP contribution in [0.25, 0.3) is 0 Å². The average Bonchev–Trinajstić information content (AvgIpc) is 2.49. The highest BCUT2D eigenvalue weighted by Gasteiger charge is 2.33. The zero-order chi connectivity index (χ0) is 8.55. The van der Waals surface area contributed by atoms with Crippen LogP contribution in [0, 0.1) is 0 Å². The van der Waals surface area contributed by atoms with Crippen molar-refractivity contribution in [3.63, 3.8) is 0 Å². The highest BCUT2D eigenvalue weighted by atomic mass is 16.4. The smallest absolute Gasteiger partial charge is 0.322 e. The van der Waals surface area contributed by atoms with E-state index in [0.29, 0.717) is 12.6 Å². The zero-order valence-corrected chi connectivity index (χ0v) is 6.99. The Bertz CT molecular complexity index is 195. The molecule has 12 heavy (non-hydrogen) atoms. The number of piperazine rings is 1. The van der Waals surface area contributed by atoms with E-state index in [4.69, 9.17) is 5.11 Å². The molecule has 2 rings (SSSR count). The van der Waals surface area contributed by atoms with Crippen molar-refractivity contribution in [2.45, 2.75) is 24.9 Å². The first-order chi connectivity index (χ1) is 5.77. The van der Waals surface area contributed by atoms with Gasteiger partial charge in [0.05, 0.1) is 0 Å². The molecule has 2 aliphatic rings. The van der Waals surface area contributed by atoms with Crippen LogP contribution in [-0.4, -0.2) is 47.7 Å². The van der Waals surface area contributed by atoms with Gasteiger partial charge in [-0.2, -0.15) is 0 Å². The third-order valence-corrected chi connectivity index (χ3v) is 2.81. The largest absolute Gasteiger partial charge is 0.480 e. The van der Waals surface area contributed by atoms with Crippen LogP contribution in [-0.2, 0) is 4.79 Å². The quantitative estimate of drug-likeness (QED) is 0.557. The van der Waals surface area contributed by atoms with Crippen molar-refractivity contribution in [2.24, 2.45) is 0 Å². The Morgan fingerprint density at radius 2 is 2.42 bits per heavy atom. The molecule has 0 aromatic rings. The van der Waals surface area contributed by atoms with Gasteiger partial charge >= 0.3 is 5.97 Å². The van der Waals surface area contributed by atoms with Crippen molar-refractivity contribution >= 4 is 5.97 Å². The highest BCUT2D eigenvalue weighted by Crippen LogP contribution is 2.19. The molecule has 2 atom stereocenters. The molecule has 2 aliphatic heterocycles. The van der Waals surface area contributed by atoms with Gasteiger partial charge in [-0.15, -0.1) is 0 Å². The molecule has 0 unspecified atom stereocenters. The third-order valence-electron chi connectivity index (χ3n) is 2.81. The van der Waals surface area contributed by atoms with Crippen molar-refractivity contribution in [1.29, 1.82) is 0 Å². The van der Waals surface area contributed by atoms with Gasteiger partial charge in [0.15, 0.2) is 0 Å². The predicted octanol–water partition coefficient (Wildman–Crippen LogP) is -0.493. The number of hydrogen-bond donors (Lipinski definition) is 2. The fourth-order valence-corrected chi connectivity index (χ4v) is 2.11. The topological polar surface area (TPSA) is 52.6 Å². The van der Waals surface area contributed by atoms with Crippen LogP contribution in [0.5, 0.6) is 0 Å². The second-order valence-electron chi connectivity index (χ2n) is 3.59. The van der Waals surface area contributed by atoms with Gasteiger partial charge in [0.1, 0.15) is 6.04 Å². The van der Waals surface area contributed by atoms with Crippen LogP contribution < -0.4 is 5.32 Å². The summed E-state index contributed by atoms with van der Waals surface area (Å²) in [6.07, 6.45) is 2.44. The van der Waals surface area contributed by atoms with Gasteiger partial charge in [-0.1, -0.05) is 0 Å². The molecule has 2 heterocycles. The Morgan fingerprint density at radius 3 is 3.17 bits per heavy atom. The summed E-state index contributed by atoms with van der Waals surface area (Å²) in [5.41, 5.74) is 0. The number of rotatable bonds is 1. The monoisotopic (exact) mass is 170 g/mol. The summed E-state index contributed by atoms with van der Waals surface area (Å²) in [4.78, 5) is 12.9.